The lowest BCUT2D eigenvalue weighted by atomic mass is 9.98. The molecule has 1 heterocycles. The first-order valence-corrected chi connectivity index (χ1v) is 6.67. The molecule has 18 heavy (non-hydrogen) atoms. The largest absolute Gasteiger partial charge is 0.342 e. The van der Waals surface area contributed by atoms with E-state index < -0.39 is 0 Å². The number of amides is 1. The Morgan fingerprint density at radius 2 is 1.83 bits per heavy atom. The normalized spacial score (nSPS) is 25.2. The minimum atomic E-state index is -0.191. The van der Waals surface area contributed by atoms with Crippen LogP contribution < -0.4 is 5.73 Å². The van der Waals surface area contributed by atoms with Crippen molar-refractivity contribution in [3.8, 4) is 0 Å². The average Bonchev–Trinajstić information content (AvgIpc) is 2.72. The minimum Gasteiger partial charge on any atom is -0.342 e. The molecule has 98 valence electrons. The van der Waals surface area contributed by atoms with Gasteiger partial charge in [-0.05, 0) is 17.4 Å². The summed E-state index contributed by atoms with van der Waals surface area (Å²) in [5.41, 5.74) is 6.82. The van der Waals surface area contributed by atoms with Crippen LogP contribution in [0.1, 0.15) is 25.3 Å². The molecule has 0 aromatic heterocycles. The topological polar surface area (TPSA) is 46.3 Å². The second-order valence-electron chi connectivity index (χ2n) is 5.40. The number of hydrogen-bond acceptors (Lipinski definition) is 2. The molecule has 0 spiro atoms. The zero-order valence-corrected chi connectivity index (χ0v) is 11.2. The predicted octanol–water partition coefficient (Wildman–Crippen LogP) is 1.84. The van der Waals surface area contributed by atoms with Gasteiger partial charge in [0.1, 0.15) is 0 Å². The molecule has 1 aliphatic rings. The molecule has 0 bridgehead atoms. The Morgan fingerprint density at radius 3 is 2.33 bits per heavy atom. The second kappa shape index (κ2) is 5.53. The maximum Gasteiger partial charge on any atom is 0.231 e. The Morgan fingerprint density at radius 1 is 1.28 bits per heavy atom. The van der Waals surface area contributed by atoms with Crippen molar-refractivity contribution >= 4 is 5.91 Å². The summed E-state index contributed by atoms with van der Waals surface area (Å²) in [6.07, 6.45) is 0. The Kier molecular flexibility index (Phi) is 4.02. The van der Waals surface area contributed by atoms with Crippen molar-refractivity contribution in [1.82, 2.24) is 4.90 Å². The van der Waals surface area contributed by atoms with Crippen LogP contribution in [-0.2, 0) is 4.79 Å². The summed E-state index contributed by atoms with van der Waals surface area (Å²) in [7, 11) is 0. The molecule has 0 saturated carbocycles. The van der Waals surface area contributed by atoms with Gasteiger partial charge >= 0.3 is 0 Å². The summed E-state index contributed by atoms with van der Waals surface area (Å²) < 4.78 is 0. The van der Waals surface area contributed by atoms with Gasteiger partial charge in [-0.25, -0.2) is 0 Å². The van der Waals surface area contributed by atoms with Gasteiger partial charge in [-0.2, -0.15) is 0 Å². The average molecular weight is 246 g/mol. The number of rotatable bonds is 3. The zero-order chi connectivity index (χ0) is 13.1. The highest BCUT2D eigenvalue weighted by Crippen LogP contribution is 2.26. The zero-order valence-electron chi connectivity index (χ0n) is 11.2. The van der Waals surface area contributed by atoms with Gasteiger partial charge in [0.05, 0.1) is 5.92 Å². The predicted molar refractivity (Wildman–Crippen MR) is 73.1 cm³/mol. The SMILES string of the molecule is CC1CN(C(=O)C(CN)c2ccccc2)CC1C. The molecule has 1 aromatic carbocycles. The molecule has 1 fully saturated rings. The van der Waals surface area contributed by atoms with Gasteiger partial charge in [0.15, 0.2) is 0 Å². The van der Waals surface area contributed by atoms with Crippen molar-refractivity contribution in [2.24, 2.45) is 17.6 Å². The standard InChI is InChI=1S/C15H22N2O/c1-11-9-17(10-12(11)2)15(18)14(8-16)13-6-4-3-5-7-13/h3-7,11-12,14H,8-10,16H2,1-2H3. The van der Waals surface area contributed by atoms with E-state index in [9.17, 15) is 4.79 Å². The third kappa shape index (κ3) is 2.56. The van der Waals surface area contributed by atoms with Crippen LogP contribution in [0.3, 0.4) is 0 Å². The van der Waals surface area contributed by atoms with Crippen LogP contribution >= 0.6 is 0 Å². The summed E-state index contributed by atoms with van der Waals surface area (Å²) in [4.78, 5) is 14.5. The number of nitrogens with two attached hydrogens (primary N) is 1. The Balaban J connectivity index is 2.12. The van der Waals surface area contributed by atoms with E-state index in [0.29, 0.717) is 18.4 Å². The van der Waals surface area contributed by atoms with Gasteiger partial charge in [-0.1, -0.05) is 44.2 Å². The van der Waals surface area contributed by atoms with Crippen molar-refractivity contribution in [3.05, 3.63) is 35.9 Å². The quantitative estimate of drug-likeness (QED) is 0.884. The van der Waals surface area contributed by atoms with E-state index in [2.05, 4.69) is 13.8 Å². The Hall–Kier alpha value is -1.35. The molecular weight excluding hydrogens is 224 g/mol. The molecule has 0 aliphatic carbocycles. The number of benzene rings is 1. The van der Waals surface area contributed by atoms with Crippen LogP contribution in [0.4, 0.5) is 0 Å². The molecule has 1 aliphatic heterocycles. The molecule has 3 heteroatoms. The first-order valence-electron chi connectivity index (χ1n) is 6.67. The van der Waals surface area contributed by atoms with E-state index in [1.807, 2.05) is 35.2 Å². The number of hydrogen-bond donors (Lipinski definition) is 1. The van der Waals surface area contributed by atoms with E-state index in [-0.39, 0.29) is 11.8 Å². The van der Waals surface area contributed by atoms with Gasteiger partial charge in [-0.15, -0.1) is 0 Å². The minimum absolute atomic E-state index is 0.180. The monoisotopic (exact) mass is 246 g/mol. The smallest absolute Gasteiger partial charge is 0.231 e. The van der Waals surface area contributed by atoms with E-state index in [4.69, 9.17) is 5.73 Å². The van der Waals surface area contributed by atoms with Crippen molar-refractivity contribution in [2.75, 3.05) is 19.6 Å². The van der Waals surface area contributed by atoms with Gasteiger partial charge in [0.25, 0.3) is 0 Å². The van der Waals surface area contributed by atoms with E-state index in [1.165, 1.54) is 0 Å². The maximum atomic E-state index is 12.5. The summed E-state index contributed by atoms with van der Waals surface area (Å²) in [5, 5.41) is 0. The molecule has 0 radical (unpaired) electrons. The highest BCUT2D eigenvalue weighted by Gasteiger charge is 2.33. The Bertz CT molecular complexity index is 394. The van der Waals surface area contributed by atoms with Crippen LogP contribution in [0.15, 0.2) is 30.3 Å². The molecular formula is C15H22N2O. The molecule has 1 saturated heterocycles. The number of nitrogens with zero attached hydrogens (tertiary/aromatic N) is 1. The van der Waals surface area contributed by atoms with Gasteiger partial charge < -0.3 is 10.6 Å². The number of carbonyl (C=O) groups excluding carboxylic acids is 1. The molecule has 3 nitrogen and oxygen atoms in total. The van der Waals surface area contributed by atoms with Crippen molar-refractivity contribution in [2.45, 2.75) is 19.8 Å². The molecule has 3 atom stereocenters. The molecule has 2 rings (SSSR count). The fourth-order valence-corrected chi connectivity index (χ4v) is 2.59. The van der Waals surface area contributed by atoms with Gasteiger partial charge in [0, 0.05) is 19.6 Å². The Labute approximate surface area is 109 Å². The highest BCUT2D eigenvalue weighted by atomic mass is 16.2. The van der Waals surface area contributed by atoms with Crippen LogP contribution in [0.5, 0.6) is 0 Å². The second-order valence-corrected chi connectivity index (χ2v) is 5.40. The number of carbonyl (C=O) groups is 1. The maximum absolute atomic E-state index is 12.5. The van der Waals surface area contributed by atoms with Crippen molar-refractivity contribution < 1.29 is 4.79 Å². The molecule has 2 N–H and O–H groups in total. The first kappa shape index (κ1) is 13.1. The molecule has 1 amide bonds. The lowest BCUT2D eigenvalue weighted by molar-refractivity contribution is -0.131. The van der Waals surface area contributed by atoms with Crippen LogP contribution in [0.25, 0.3) is 0 Å². The fraction of sp³-hybridized carbons (Fsp3) is 0.533. The first-order chi connectivity index (χ1) is 8.63. The van der Waals surface area contributed by atoms with E-state index in [0.717, 1.165) is 18.7 Å². The summed E-state index contributed by atoms with van der Waals surface area (Å²) in [5.74, 6) is 1.16. The lowest BCUT2D eigenvalue weighted by Crippen LogP contribution is -2.36. The fourth-order valence-electron chi connectivity index (χ4n) is 2.59. The lowest BCUT2D eigenvalue weighted by Gasteiger charge is -2.22. The third-order valence-corrected chi connectivity index (χ3v) is 4.04. The molecule has 3 unspecified atom stereocenters. The summed E-state index contributed by atoms with van der Waals surface area (Å²) >= 11 is 0. The van der Waals surface area contributed by atoms with E-state index in [1.54, 1.807) is 0 Å². The summed E-state index contributed by atoms with van der Waals surface area (Å²) in [6, 6.07) is 9.85. The summed E-state index contributed by atoms with van der Waals surface area (Å²) in [6.45, 7) is 6.52. The van der Waals surface area contributed by atoms with Crippen LogP contribution in [0, 0.1) is 11.8 Å². The number of likely N-dealkylation sites (tertiary alicyclic amines) is 1. The van der Waals surface area contributed by atoms with Gasteiger partial charge in [-0.3, -0.25) is 4.79 Å². The van der Waals surface area contributed by atoms with Gasteiger partial charge in [0.2, 0.25) is 5.91 Å². The molecule has 1 aromatic rings. The van der Waals surface area contributed by atoms with E-state index >= 15 is 0 Å². The highest BCUT2D eigenvalue weighted by molar-refractivity contribution is 5.84. The van der Waals surface area contributed by atoms with Crippen LogP contribution in [0.2, 0.25) is 0 Å². The third-order valence-electron chi connectivity index (χ3n) is 4.04. The van der Waals surface area contributed by atoms with Crippen LogP contribution in [-0.4, -0.2) is 30.4 Å². The van der Waals surface area contributed by atoms with Crippen molar-refractivity contribution in [3.63, 3.8) is 0 Å². The van der Waals surface area contributed by atoms with Crippen molar-refractivity contribution in [1.29, 1.82) is 0 Å².